The second-order valence-electron chi connectivity index (χ2n) is 8.40. The van der Waals surface area contributed by atoms with Crippen LogP contribution >= 0.6 is 0 Å². The summed E-state index contributed by atoms with van der Waals surface area (Å²) in [4.78, 5) is 11.9. The van der Waals surface area contributed by atoms with E-state index in [1.165, 1.54) is 0 Å². The summed E-state index contributed by atoms with van der Waals surface area (Å²) in [6.07, 6.45) is 1.09. The first-order valence-electron chi connectivity index (χ1n) is 7.72. The fraction of sp³-hybridized carbons (Fsp3) is 0.929. The summed E-state index contributed by atoms with van der Waals surface area (Å²) in [6, 6.07) is 0. The Morgan fingerprint density at radius 2 is 1.38 bits per heavy atom. The predicted octanol–water partition coefficient (Wildman–Crippen LogP) is 4.22. The zero-order chi connectivity index (χ0) is 16.9. The Balaban J connectivity index is 4.44. The highest BCUT2D eigenvalue weighted by Gasteiger charge is 2.26. The summed E-state index contributed by atoms with van der Waals surface area (Å²) >= 11 is 0. The molecule has 0 rings (SSSR count). The molecule has 0 aromatic carbocycles. The predicted molar refractivity (Wildman–Crippen MR) is 96.2 cm³/mol. The van der Waals surface area contributed by atoms with Crippen molar-refractivity contribution in [2.75, 3.05) is 6.61 Å². The zero-order valence-corrected chi connectivity index (χ0v) is 18.3. The van der Waals surface area contributed by atoms with Gasteiger partial charge in [0.1, 0.15) is 0 Å². The molecular weight excluding hydrogens is 316 g/mol. The van der Waals surface area contributed by atoms with Crippen LogP contribution in [0.4, 0.5) is 0 Å². The van der Waals surface area contributed by atoms with E-state index in [4.69, 9.17) is 13.3 Å². The van der Waals surface area contributed by atoms with E-state index in [-0.39, 0.29) is 12.1 Å². The van der Waals surface area contributed by atoms with Gasteiger partial charge in [0.05, 0.1) is 12.7 Å². The van der Waals surface area contributed by atoms with Crippen molar-refractivity contribution < 1.29 is 18.1 Å². The Hall–Kier alpha value is 0.0406. The van der Waals surface area contributed by atoms with E-state index < -0.39 is 25.0 Å². The van der Waals surface area contributed by atoms with Gasteiger partial charge in [0.2, 0.25) is 8.32 Å². The third kappa shape index (κ3) is 14.7. The van der Waals surface area contributed by atoms with Gasteiger partial charge >= 0.3 is 0 Å². The van der Waals surface area contributed by atoms with Crippen molar-refractivity contribution in [3.63, 3.8) is 0 Å². The minimum absolute atomic E-state index is 0.00224. The van der Waals surface area contributed by atoms with Gasteiger partial charge in [-0.2, -0.15) is 0 Å². The van der Waals surface area contributed by atoms with E-state index in [2.05, 4.69) is 39.3 Å². The Kier molecular flexibility index (Phi) is 8.07. The van der Waals surface area contributed by atoms with Gasteiger partial charge in [-0.15, -0.1) is 0 Å². The van der Waals surface area contributed by atoms with Gasteiger partial charge in [-0.1, -0.05) is 0 Å². The van der Waals surface area contributed by atoms with Crippen LogP contribution in [-0.4, -0.2) is 43.6 Å². The summed E-state index contributed by atoms with van der Waals surface area (Å²) in [5.41, 5.74) is 0. The lowest BCUT2D eigenvalue weighted by atomic mass is 10.2. The number of hydrogen-bond donors (Lipinski definition) is 0. The molecule has 0 aliphatic carbocycles. The van der Waals surface area contributed by atoms with Gasteiger partial charge in [0, 0.05) is 6.42 Å². The van der Waals surface area contributed by atoms with Crippen molar-refractivity contribution in [1.82, 2.24) is 0 Å². The first-order chi connectivity index (χ1) is 9.18. The lowest BCUT2D eigenvalue weighted by Gasteiger charge is -2.29. The van der Waals surface area contributed by atoms with E-state index in [9.17, 15) is 4.79 Å². The molecule has 0 amide bonds. The SMILES string of the molecule is C[Si](C)(C)OCC(CCC(=O)O[Si](C)(C)C)O[Si](C)(C)C. The van der Waals surface area contributed by atoms with Gasteiger partial charge < -0.3 is 13.3 Å². The molecule has 1 atom stereocenters. The Labute approximate surface area is 133 Å². The molecule has 4 nitrogen and oxygen atoms in total. The maximum atomic E-state index is 11.9. The second kappa shape index (κ2) is 8.05. The van der Waals surface area contributed by atoms with E-state index >= 15 is 0 Å². The molecule has 1 unspecified atom stereocenters. The summed E-state index contributed by atoms with van der Waals surface area (Å²) in [5, 5.41) is 0. The quantitative estimate of drug-likeness (QED) is 0.584. The van der Waals surface area contributed by atoms with Gasteiger partial charge in [-0.05, 0) is 65.3 Å². The molecule has 0 aromatic rings. The third-order valence-corrected chi connectivity index (χ3v) is 5.23. The standard InChI is InChI=1S/C14H34O4Si3/c1-19(2,3)16-12-13(17-20(4,5)6)10-11-14(15)18-21(7,8)9/h13H,10-12H2,1-9H3. The van der Waals surface area contributed by atoms with Crippen molar-refractivity contribution in [3.05, 3.63) is 0 Å². The first-order valence-corrected chi connectivity index (χ1v) is 17.9. The number of rotatable bonds is 9. The maximum Gasteiger partial charge on any atom is 0.292 e. The third-order valence-electron chi connectivity index (χ3n) is 2.31. The van der Waals surface area contributed by atoms with Crippen molar-refractivity contribution in [2.24, 2.45) is 0 Å². The normalized spacial score (nSPS) is 14.9. The fourth-order valence-corrected chi connectivity index (χ4v) is 4.35. The zero-order valence-electron chi connectivity index (χ0n) is 15.3. The molecule has 7 heteroatoms. The highest BCUT2D eigenvalue weighted by molar-refractivity contribution is 6.71. The van der Waals surface area contributed by atoms with Crippen LogP contribution in [0.15, 0.2) is 0 Å². The van der Waals surface area contributed by atoms with Crippen molar-refractivity contribution in [1.29, 1.82) is 0 Å². The molecular formula is C14H34O4Si3. The van der Waals surface area contributed by atoms with Crippen LogP contribution in [0.25, 0.3) is 0 Å². The summed E-state index contributed by atoms with van der Waals surface area (Å²) < 4.78 is 17.6. The van der Waals surface area contributed by atoms with E-state index in [1.54, 1.807) is 0 Å². The lowest BCUT2D eigenvalue weighted by molar-refractivity contribution is -0.135. The lowest BCUT2D eigenvalue weighted by Crippen LogP contribution is -2.38. The van der Waals surface area contributed by atoms with Gasteiger partial charge in [0.25, 0.3) is 5.97 Å². The average Bonchev–Trinajstić information content (AvgIpc) is 2.16. The van der Waals surface area contributed by atoms with Crippen LogP contribution in [0.5, 0.6) is 0 Å². The molecule has 0 aromatic heterocycles. The average molecular weight is 351 g/mol. The van der Waals surface area contributed by atoms with Crippen molar-refractivity contribution in [2.45, 2.75) is 77.9 Å². The van der Waals surface area contributed by atoms with Crippen LogP contribution in [0.3, 0.4) is 0 Å². The number of carbonyl (C=O) groups is 1. The molecule has 0 heterocycles. The molecule has 21 heavy (non-hydrogen) atoms. The summed E-state index contributed by atoms with van der Waals surface area (Å²) in [5.74, 6) is -0.105. The minimum Gasteiger partial charge on any atom is -0.520 e. The molecule has 0 saturated carbocycles. The Morgan fingerprint density at radius 3 is 1.76 bits per heavy atom. The summed E-state index contributed by atoms with van der Waals surface area (Å²) in [6.45, 7) is 19.6. The van der Waals surface area contributed by atoms with E-state index in [0.29, 0.717) is 19.4 Å². The topological polar surface area (TPSA) is 44.8 Å². The first kappa shape index (κ1) is 21.0. The van der Waals surface area contributed by atoms with Crippen LogP contribution in [0.2, 0.25) is 58.9 Å². The highest BCUT2D eigenvalue weighted by Crippen LogP contribution is 2.16. The molecule has 0 radical (unpaired) electrons. The van der Waals surface area contributed by atoms with Gasteiger partial charge in [-0.25, -0.2) is 0 Å². The second-order valence-corrected chi connectivity index (χ2v) is 21.8. The van der Waals surface area contributed by atoms with E-state index in [1.807, 2.05) is 19.6 Å². The van der Waals surface area contributed by atoms with Crippen LogP contribution in [-0.2, 0) is 18.1 Å². The molecule has 0 bridgehead atoms. The van der Waals surface area contributed by atoms with Crippen LogP contribution < -0.4 is 0 Å². The maximum absolute atomic E-state index is 11.9. The molecule has 126 valence electrons. The molecule has 0 N–H and O–H groups in total. The highest BCUT2D eigenvalue weighted by atomic mass is 28.4. The molecule has 0 fully saturated rings. The smallest absolute Gasteiger partial charge is 0.292 e. The van der Waals surface area contributed by atoms with Crippen molar-refractivity contribution in [3.8, 4) is 0 Å². The fourth-order valence-electron chi connectivity index (χ4n) is 1.69. The van der Waals surface area contributed by atoms with Gasteiger partial charge in [0.15, 0.2) is 16.6 Å². The van der Waals surface area contributed by atoms with Crippen molar-refractivity contribution >= 4 is 30.9 Å². The molecule has 0 aliphatic heterocycles. The van der Waals surface area contributed by atoms with Gasteiger partial charge in [-0.3, -0.25) is 4.79 Å². The van der Waals surface area contributed by atoms with E-state index in [0.717, 1.165) is 0 Å². The van der Waals surface area contributed by atoms with Crippen LogP contribution in [0.1, 0.15) is 12.8 Å². The molecule has 0 saturated heterocycles. The van der Waals surface area contributed by atoms with Crippen LogP contribution in [0, 0.1) is 0 Å². The minimum atomic E-state index is -1.79. The largest absolute Gasteiger partial charge is 0.520 e. The molecule has 0 aliphatic rings. The summed E-state index contributed by atoms with van der Waals surface area (Å²) in [7, 11) is -5.00. The number of carbonyl (C=O) groups excluding carboxylic acids is 1. The monoisotopic (exact) mass is 350 g/mol. The number of hydrogen-bond acceptors (Lipinski definition) is 4. The Morgan fingerprint density at radius 1 is 0.857 bits per heavy atom. The molecule has 0 spiro atoms. The Bertz CT molecular complexity index is 327.